The van der Waals surface area contributed by atoms with E-state index in [1.165, 1.54) is 21.9 Å². The summed E-state index contributed by atoms with van der Waals surface area (Å²) in [5, 5.41) is 2.40. The number of para-hydroxylation sites is 1. The van der Waals surface area contributed by atoms with Crippen molar-refractivity contribution < 1.29 is 27.6 Å². The average Bonchev–Trinajstić information content (AvgIpc) is 3.20. The second-order valence-electron chi connectivity index (χ2n) is 7.88. The lowest BCUT2D eigenvalue weighted by molar-refractivity contribution is -0.137. The van der Waals surface area contributed by atoms with Crippen LogP contribution in [-0.2, 0) is 20.6 Å². The molecule has 0 unspecified atom stereocenters. The molecule has 2 aromatic carbocycles. The summed E-state index contributed by atoms with van der Waals surface area (Å²) in [6, 6.07) is 10.8. The maximum atomic E-state index is 13.4. The lowest BCUT2D eigenvalue weighted by Gasteiger charge is -2.18. The lowest BCUT2D eigenvalue weighted by atomic mass is 10.1. The van der Waals surface area contributed by atoms with Crippen LogP contribution in [-0.4, -0.2) is 39.5 Å². The standard InChI is InChI=1S/C23H18F3N3O3S2/c1-12(2)29-21(32)19(34-22(29)33)18-15-8-3-4-9-16(15)28(20(18)31)11-17(30)27-14-7-5-6-13(10-14)23(24,25)26/h3-10,12H,11H2,1-2H3,(H,27,30)/b19-18-. The molecule has 0 bridgehead atoms. The van der Waals surface area contributed by atoms with Crippen LogP contribution in [0.2, 0.25) is 0 Å². The van der Waals surface area contributed by atoms with E-state index in [-0.39, 0.29) is 28.1 Å². The Balaban J connectivity index is 1.63. The predicted octanol–water partition coefficient (Wildman–Crippen LogP) is 4.67. The van der Waals surface area contributed by atoms with E-state index in [1.807, 2.05) is 13.8 Å². The van der Waals surface area contributed by atoms with Crippen molar-refractivity contribution in [3.8, 4) is 0 Å². The smallest absolute Gasteiger partial charge is 0.325 e. The Morgan fingerprint density at radius 2 is 1.79 bits per heavy atom. The first-order valence-electron chi connectivity index (χ1n) is 10.2. The molecule has 1 fully saturated rings. The van der Waals surface area contributed by atoms with Gasteiger partial charge in [0.2, 0.25) is 5.91 Å². The van der Waals surface area contributed by atoms with Gasteiger partial charge in [-0.25, -0.2) is 0 Å². The van der Waals surface area contributed by atoms with Crippen LogP contribution in [0.25, 0.3) is 5.57 Å². The zero-order chi connectivity index (χ0) is 24.8. The van der Waals surface area contributed by atoms with Gasteiger partial charge in [0.1, 0.15) is 10.9 Å². The highest BCUT2D eigenvalue weighted by Crippen LogP contribution is 2.44. The Hall–Kier alpha value is -3.18. The Labute approximate surface area is 202 Å². The van der Waals surface area contributed by atoms with Crippen LogP contribution >= 0.6 is 24.0 Å². The van der Waals surface area contributed by atoms with Crippen LogP contribution in [0.5, 0.6) is 0 Å². The molecule has 11 heteroatoms. The fourth-order valence-corrected chi connectivity index (χ4v) is 5.34. The number of anilines is 2. The van der Waals surface area contributed by atoms with Crippen molar-refractivity contribution in [2.45, 2.75) is 26.1 Å². The average molecular weight is 506 g/mol. The third-order valence-corrected chi connectivity index (χ3v) is 6.64. The Kier molecular flexibility index (Phi) is 6.26. The number of nitrogens with one attached hydrogen (secondary N) is 1. The molecule has 34 heavy (non-hydrogen) atoms. The molecule has 6 nitrogen and oxygen atoms in total. The number of rotatable bonds is 4. The van der Waals surface area contributed by atoms with E-state index >= 15 is 0 Å². The molecule has 3 amide bonds. The number of nitrogens with zero attached hydrogens (tertiary/aromatic N) is 2. The molecule has 176 valence electrons. The Morgan fingerprint density at radius 1 is 1.09 bits per heavy atom. The van der Waals surface area contributed by atoms with Crippen LogP contribution in [0.1, 0.15) is 25.0 Å². The van der Waals surface area contributed by atoms with Gasteiger partial charge in [-0.3, -0.25) is 24.2 Å². The molecule has 4 rings (SSSR count). The van der Waals surface area contributed by atoms with E-state index in [0.717, 1.165) is 23.9 Å². The highest BCUT2D eigenvalue weighted by molar-refractivity contribution is 8.26. The monoisotopic (exact) mass is 505 g/mol. The van der Waals surface area contributed by atoms with Crippen molar-refractivity contribution in [3.05, 3.63) is 64.6 Å². The second-order valence-corrected chi connectivity index (χ2v) is 9.52. The summed E-state index contributed by atoms with van der Waals surface area (Å²) < 4.78 is 39.2. The summed E-state index contributed by atoms with van der Waals surface area (Å²) in [5.74, 6) is -1.61. The summed E-state index contributed by atoms with van der Waals surface area (Å²) >= 11 is 6.35. The number of thioether (sulfide) groups is 1. The van der Waals surface area contributed by atoms with E-state index in [4.69, 9.17) is 12.2 Å². The molecule has 1 N–H and O–H groups in total. The summed E-state index contributed by atoms with van der Waals surface area (Å²) in [7, 11) is 0. The summed E-state index contributed by atoms with van der Waals surface area (Å²) in [6.45, 7) is 3.18. The number of benzene rings is 2. The van der Waals surface area contributed by atoms with Crippen LogP contribution in [0.3, 0.4) is 0 Å². The summed E-state index contributed by atoms with van der Waals surface area (Å²) in [6.07, 6.45) is -4.55. The normalized spacial score (nSPS) is 18.2. The molecule has 0 aromatic heterocycles. The van der Waals surface area contributed by atoms with Crippen molar-refractivity contribution in [2.75, 3.05) is 16.8 Å². The molecule has 0 aliphatic carbocycles. The highest BCUT2D eigenvalue weighted by atomic mass is 32.2. The molecule has 1 saturated heterocycles. The zero-order valence-electron chi connectivity index (χ0n) is 18.0. The lowest BCUT2D eigenvalue weighted by Crippen LogP contribution is -2.36. The van der Waals surface area contributed by atoms with Crippen LogP contribution in [0.15, 0.2) is 53.4 Å². The maximum absolute atomic E-state index is 13.4. The fourth-order valence-electron chi connectivity index (χ4n) is 3.75. The number of alkyl halides is 3. The molecule has 0 radical (unpaired) electrons. The first-order chi connectivity index (χ1) is 16.0. The summed E-state index contributed by atoms with van der Waals surface area (Å²) in [4.78, 5) is 41.9. The van der Waals surface area contributed by atoms with E-state index in [0.29, 0.717) is 15.6 Å². The van der Waals surface area contributed by atoms with Gasteiger partial charge in [0.15, 0.2) is 0 Å². The SMILES string of the molecule is CC(C)N1C(=O)/C(=C2/C(=O)N(CC(=O)Nc3cccc(C(F)(F)F)c3)c3ccccc32)SC1=S. The van der Waals surface area contributed by atoms with Crippen molar-refractivity contribution in [3.63, 3.8) is 0 Å². The van der Waals surface area contributed by atoms with Gasteiger partial charge >= 0.3 is 6.18 Å². The molecular weight excluding hydrogens is 487 g/mol. The second kappa shape index (κ2) is 8.88. The molecule has 2 aromatic rings. The number of hydrogen-bond donors (Lipinski definition) is 1. The third-order valence-electron chi connectivity index (χ3n) is 5.24. The minimum atomic E-state index is -4.55. The number of fused-ring (bicyclic) bond motifs is 1. The van der Waals surface area contributed by atoms with Gasteiger partial charge in [-0.1, -0.05) is 48.2 Å². The largest absolute Gasteiger partial charge is 0.416 e. The van der Waals surface area contributed by atoms with Gasteiger partial charge < -0.3 is 5.32 Å². The third kappa shape index (κ3) is 4.32. The Bertz CT molecular complexity index is 1260. The van der Waals surface area contributed by atoms with Gasteiger partial charge in [0, 0.05) is 17.3 Å². The number of hydrogen-bond acceptors (Lipinski definition) is 5. The minimum Gasteiger partial charge on any atom is -0.325 e. The van der Waals surface area contributed by atoms with Gasteiger partial charge in [-0.05, 0) is 38.1 Å². The molecule has 2 heterocycles. The first-order valence-corrected chi connectivity index (χ1v) is 11.4. The first kappa shape index (κ1) is 24.0. The van der Waals surface area contributed by atoms with Gasteiger partial charge in [-0.2, -0.15) is 13.2 Å². The van der Waals surface area contributed by atoms with Gasteiger partial charge in [0.05, 0.1) is 21.7 Å². The van der Waals surface area contributed by atoms with E-state index < -0.39 is 30.1 Å². The van der Waals surface area contributed by atoms with Crippen molar-refractivity contribution in [1.29, 1.82) is 0 Å². The van der Waals surface area contributed by atoms with Gasteiger partial charge in [0.25, 0.3) is 11.8 Å². The van der Waals surface area contributed by atoms with E-state index in [1.54, 1.807) is 24.3 Å². The van der Waals surface area contributed by atoms with Crippen molar-refractivity contribution >= 4 is 63.0 Å². The van der Waals surface area contributed by atoms with Crippen molar-refractivity contribution in [1.82, 2.24) is 4.90 Å². The highest BCUT2D eigenvalue weighted by Gasteiger charge is 2.43. The number of carbonyl (C=O) groups excluding carboxylic acids is 3. The van der Waals surface area contributed by atoms with Crippen LogP contribution in [0.4, 0.5) is 24.5 Å². The van der Waals surface area contributed by atoms with Gasteiger partial charge in [-0.15, -0.1) is 0 Å². The molecule has 0 saturated carbocycles. The van der Waals surface area contributed by atoms with E-state index in [9.17, 15) is 27.6 Å². The number of thiocarbonyl (C=S) groups is 1. The minimum absolute atomic E-state index is 0.0437. The Morgan fingerprint density at radius 3 is 2.44 bits per heavy atom. The molecule has 2 aliphatic heterocycles. The zero-order valence-corrected chi connectivity index (χ0v) is 19.6. The molecule has 2 aliphatic rings. The fraction of sp³-hybridized carbons (Fsp3) is 0.217. The molecule has 0 spiro atoms. The van der Waals surface area contributed by atoms with E-state index in [2.05, 4.69) is 5.32 Å². The summed E-state index contributed by atoms with van der Waals surface area (Å²) in [5.41, 5.74) is 0.128. The van der Waals surface area contributed by atoms with Crippen molar-refractivity contribution in [2.24, 2.45) is 0 Å². The quantitative estimate of drug-likeness (QED) is 0.483. The topological polar surface area (TPSA) is 69.7 Å². The predicted molar refractivity (Wildman–Crippen MR) is 128 cm³/mol. The molecular formula is C23H18F3N3O3S2. The number of carbonyl (C=O) groups is 3. The number of halogens is 3. The van der Waals surface area contributed by atoms with Crippen LogP contribution in [0, 0.1) is 0 Å². The number of amides is 3. The maximum Gasteiger partial charge on any atom is 0.416 e. The molecule has 0 atom stereocenters. The van der Waals surface area contributed by atoms with Crippen LogP contribution < -0.4 is 10.2 Å².